The number of benzene rings is 2. The summed E-state index contributed by atoms with van der Waals surface area (Å²) >= 11 is 9.18. The third-order valence-electron chi connectivity index (χ3n) is 3.21. The van der Waals surface area contributed by atoms with E-state index in [-0.39, 0.29) is 5.02 Å². The molecule has 0 saturated carbocycles. The fourth-order valence-corrected chi connectivity index (χ4v) is 2.75. The number of anilines is 2. The molecule has 2 heterocycles. The van der Waals surface area contributed by atoms with Crippen LogP contribution in [-0.4, -0.2) is 19.6 Å². The molecule has 0 aliphatic heterocycles. The van der Waals surface area contributed by atoms with Crippen LogP contribution in [0.5, 0.6) is 0 Å². The van der Waals surface area contributed by atoms with Gasteiger partial charge in [0.1, 0.15) is 5.82 Å². The molecule has 0 atom stereocenters. The smallest absolute Gasteiger partial charge is 0.253 e. The Kier molecular flexibility index (Phi) is 3.05. The molecule has 2 N–H and O–H groups in total. The number of rotatable bonds is 2. The van der Waals surface area contributed by atoms with Crippen LogP contribution in [0.25, 0.3) is 16.8 Å². The van der Waals surface area contributed by atoms with Crippen LogP contribution < -0.4 is 5.32 Å². The fraction of sp³-hybridized carbons (Fsp3) is 0. The summed E-state index contributed by atoms with van der Waals surface area (Å²) < 4.78 is 15.9. The van der Waals surface area contributed by atoms with E-state index in [2.05, 4.69) is 36.3 Å². The lowest BCUT2D eigenvalue weighted by Gasteiger charge is -2.03. The molecule has 0 saturated heterocycles. The summed E-state index contributed by atoms with van der Waals surface area (Å²) in [6, 6.07) is 10.2. The summed E-state index contributed by atoms with van der Waals surface area (Å²) in [7, 11) is 0. The van der Waals surface area contributed by atoms with Gasteiger partial charge in [0.15, 0.2) is 0 Å². The molecule has 0 aliphatic rings. The van der Waals surface area contributed by atoms with Crippen molar-refractivity contribution in [3.8, 4) is 0 Å². The number of nitrogens with zero attached hydrogens (tertiary/aromatic N) is 3. The van der Waals surface area contributed by atoms with Gasteiger partial charge in [-0.1, -0.05) is 27.5 Å². The van der Waals surface area contributed by atoms with Crippen molar-refractivity contribution in [3.05, 3.63) is 51.7 Å². The number of aromatic amines is 1. The minimum absolute atomic E-state index is 0.0524. The molecule has 0 aliphatic carbocycles. The largest absolute Gasteiger partial charge is 0.324 e. The Labute approximate surface area is 137 Å². The second-order valence-electron chi connectivity index (χ2n) is 4.71. The van der Waals surface area contributed by atoms with E-state index in [1.807, 2.05) is 18.2 Å². The zero-order valence-electron chi connectivity index (χ0n) is 10.9. The zero-order valence-corrected chi connectivity index (χ0v) is 13.3. The summed E-state index contributed by atoms with van der Waals surface area (Å²) in [6.45, 7) is 0. The van der Waals surface area contributed by atoms with E-state index < -0.39 is 5.82 Å². The Hall–Kier alpha value is -2.12. The standard InChI is InChI=1S/C14H8BrClFN5/c15-7-1-4-12-11(5-7)19-14-20-13(21-22(12)14)18-8-2-3-10(17)9(16)6-8/h1-6H,(H2,18,19,20,21). The minimum Gasteiger partial charge on any atom is -0.324 e. The number of aromatic nitrogens is 4. The topological polar surface area (TPSA) is 58.0 Å². The Morgan fingerprint density at radius 3 is 2.86 bits per heavy atom. The Morgan fingerprint density at radius 1 is 1.18 bits per heavy atom. The normalized spacial score (nSPS) is 11.4. The SMILES string of the molecule is Fc1ccc(Nc2nc3nc4cc(Br)ccc4n3[nH]2)cc1Cl. The number of hydrogen-bond donors (Lipinski definition) is 2. The highest BCUT2D eigenvalue weighted by atomic mass is 79.9. The molecule has 0 amide bonds. The first kappa shape index (κ1) is 13.5. The number of imidazole rings is 1. The summed E-state index contributed by atoms with van der Waals surface area (Å²) in [5.74, 6) is 0.580. The quantitative estimate of drug-likeness (QED) is 0.538. The summed E-state index contributed by atoms with van der Waals surface area (Å²) in [5.41, 5.74) is 2.39. The van der Waals surface area contributed by atoms with Gasteiger partial charge in [-0.3, -0.25) is 5.10 Å². The van der Waals surface area contributed by atoms with Crippen LogP contribution >= 0.6 is 27.5 Å². The van der Waals surface area contributed by atoms with Crippen LogP contribution in [-0.2, 0) is 0 Å². The molecule has 0 bridgehead atoms. The van der Waals surface area contributed by atoms with Crippen molar-refractivity contribution in [1.82, 2.24) is 19.6 Å². The average molecular weight is 381 g/mol. The third kappa shape index (κ3) is 2.22. The molecule has 110 valence electrons. The van der Waals surface area contributed by atoms with Crippen molar-refractivity contribution in [1.29, 1.82) is 0 Å². The number of hydrogen-bond acceptors (Lipinski definition) is 3. The first-order chi connectivity index (χ1) is 10.6. The van der Waals surface area contributed by atoms with Crippen LogP contribution in [0.3, 0.4) is 0 Å². The van der Waals surface area contributed by atoms with Gasteiger partial charge in [0.05, 0.1) is 16.1 Å². The Morgan fingerprint density at radius 2 is 2.05 bits per heavy atom. The van der Waals surface area contributed by atoms with Crippen LogP contribution in [0.1, 0.15) is 0 Å². The van der Waals surface area contributed by atoms with E-state index in [1.165, 1.54) is 12.1 Å². The minimum atomic E-state index is -0.460. The zero-order chi connectivity index (χ0) is 15.3. The maximum absolute atomic E-state index is 13.2. The lowest BCUT2D eigenvalue weighted by molar-refractivity contribution is 0.628. The molecule has 4 rings (SSSR count). The summed E-state index contributed by atoms with van der Waals surface area (Å²) in [4.78, 5) is 8.79. The summed E-state index contributed by atoms with van der Waals surface area (Å²) in [5, 5.41) is 6.19. The van der Waals surface area contributed by atoms with Gasteiger partial charge in [-0.15, -0.1) is 0 Å². The molecule has 0 spiro atoms. The number of halogens is 3. The monoisotopic (exact) mass is 379 g/mol. The molecular formula is C14H8BrClFN5. The highest BCUT2D eigenvalue weighted by Gasteiger charge is 2.10. The lowest BCUT2D eigenvalue weighted by Crippen LogP contribution is -1.94. The molecule has 8 heteroatoms. The number of nitrogens with one attached hydrogen (secondary N) is 2. The van der Waals surface area contributed by atoms with E-state index in [4.69, 9.17) is 11.6 Å². The average Bonchev–Trinajstić information content (AvgIpc) is 2.99. The van der Waals surface area contributed by atoms with E-state index in [9.17, 15) is 4.39 Å². The van der Waals surface area contributed by atoms with Gasteiger partial charge in [-0.25, -0.2) is 13.9 Å². The third-order valence-corrected chi connectivity index (χ3v) is 3.99. The Balaban J connectivity index is 1.74. The molecule has 2 aromatic carbocycles. The maximum atomic E-state index is 13.2. The van der Waals surface area contributed by atoms with Crippen molar-refractivity contribution >= 4 is 56.0 Å². The van der Waals surface area contributed by atoms with Crippen molar-refractivity contribution in [3.63, 3.8) is 0 Å². The molecule has 4 aromatic rings. The van der Waals surface area contributed by atoms with E-state index in [0.29, 0.717) is 17.4 Å². The first-order valence-electron chi connectivity index (χ1n) is 6.36. The van der Waals surface area contributed by atoms with E-state index in [1.54, 1.807) is 10.6 Å². The van der Waals surface area contributed by atoms with Crippen molar-refractivity contribution in [2.24, 2.45) is 0 Å². The van der Waals surface area contributed by atoms with Gasteiger partial charge in [0, 0.05) is 10.2 Å². The van der Waals surface area contributed by atoms with Crippen molar-refractivity contribution < 1.29 is 4.39 Å². The molecule has 0 fully saturated rings. The predicted octanol–water partition coefficient (Wildman–Crippen LogP) is 4.51. The Bertz CT molecular complexity index is 1010. The van der Waals surface area contributed by atoms with E-state index >= 15 is 0 Å². The van der Waals surface area contributed by atoms with Crippen molar-refractivity contribution in [2.45, 2.75) is 0 Å². The fourth-order valence-electron chi connectivity index (χ4n) is 2.22. The number of H-pyrrole nitrogens is 1. The van der Waals surface area contributed by atoms with Gasteiger partial charge in [0.25, 0.3) is 5.78 Å². The van der Waals surface area contributed by atoms with Gasteiger partial charge >= 0.3 is 0 Å². The van der Waals surface area contributed by atoms with Crippen LogP contribution in [0.15, 0.2) is 40.9 Å². The van der Waals surface area contributed by atoms with Crippen LogP contribution in [0.2, 0.25) is 5.02 Å². The highest BCUT2D eigenvalue weighted by molar-refractivity contribution is 9.10. The molecular weight excluding hydrogens is 373 g/mol. The molecule has 22 heavy (non-hydrogen) atoms. The van der Waals surface area contributed by atoms with Gasteiger partial charge in [-0.05, 0) is 36.4 Å². The number of fused-ring (bicyclic) bond motifs is 3. The molecule has 0 unspecified atom stereocenters. The predicted molar refractivity (Wildman–Crippen MR) is 87.2 cm³/mol. The second kappa shape index (κ2) is 4.96. The molecule has 0 radical (unpaired) electrons. The van der Waals surface area contributed by atoms with E-state index in [0.717, 1.165) is 15.5 Å². The van der Waals surface area contributed by atoms with Gasteiger partial charge in [-0.2, -0.15) is 4.98 Å². The molecule has 5 nitrogen and oxygen atoms in total. The van der Waals surface area contributed by atoms with Crippen LogP contribution in [0, 0.1) is 5.82 Å². The maximum Gasteiger partial charge on any atom is 0.253 e. The first-order valence-corrected chi connectivity index (χ1v) is 7.53. The van der Waals surface area contributed by atoms with Gasteiger partial charge < -0.3 is 5.32 Å². The molecule has 2 aromatic heterocycles. The van der Waals surface area contributed by atoms with Gasteiger partial charge in [0.2, 0.25) is 5.95 Å². The second-order valence-corrected chi connectivity index (χ2v) is 6.03. The highest BCUT2D eigenvalue weighted by Crippen LogP contribution is 2.24. The lowest BCUT2D eigenvalue weighted by atomic mass is 10.3. The van der Waals surface area contributed by atoms with Crippen molar-refractivity contribution in [2.75, 3.05) is 5.32 Å². The summed E-state index contributed by atoms with van der Waals surface area (Å²) in [6.07, 6.45) is 0. The van der Waals surface area contributed by atoms with Crippen LogP contribution in [0.4, 0.5) is 16.0 Å².